The number of H-pyrrole nitrogens is 1. The van der Waals surface area contributed by atoms with Crippen molar-refractivity contribution in [3.8, 4) is 11.6 Å². The molecule has 0 amide bonds. The number of hydrogen-bond donors (Lipinski definition) is 1. The zero-order valence-electron chi connectivity index (χ0n) is 15.9. The summed E-state index contributed by atoms with van der Waals surface area (Å²) < 4.78 is 6.02. The summed E-state index contributed by atoms with van der Waals surface area (Å²) in [5.41, 5.74) is 3.57. The lowest BCUT2D eigenvalue weighted by Gasteiger charge is -2.33. The van der Waals surface area contributed by atoms with Gasteiger partial charge in [0.15, 0.2) is 0 Å². The molecule has 0 bridgehead atoms. The van der Waals surface area contributed by atoms with Gasteiger partial charge in [-0.1, -0.05) is 35.4 Å². The Kier molecular flexibility index (Phi) is 3.80. The van der Waals surface area contributed by atoms with Gasteiger partial charge >= 0.3 is 6.01 Å². The van der Waals surface area contributed by atoms with Crippen LogP contribution in [0.25, 0.3) is 22.4 Å². The van der Waals surface area contributed by atoms with Gasteiger partial charge in [-0.15, -0.1) is 5.10 Å². The molecule has 0 saturated carbocycles. The van der Waals surface area contributed by atoms with Gasteiger partial charge in [-0.25, -0.2) is 4.98 Å². The van der Waals surface area contributed by atoms with Gasteiger partial charge in [0.05, 0.1) is 17.7 Å². The summed E-state index contributed by atoms with van der Waals surface area (Å²) in [5, 5.41) is 10.8. The Balaban J connectivity index is 1.45. The van der Waals surface area contributed by atoms with E-state index in [9.17, 15) is 0 Å². The largest absolute Gasteiger partial charge is 0.402 e. The number of rotatable bonds is 3. The molecule has 8 nitrogen and oxygen atoms in total. The quantitative estimate of drug-likeness (QED) is 0.499. The summed E-state index contributed by atoms with van der Waals surface area (Å²) >= 11 is 0. The molecule has 1 aliphatic heterocycles. The minimum absolute atomic E-state index is 0.221. The van der Waals surface area contributed by atoms with Crippen LogP contribution in [-0.4, -0.2) is 36.7 Å². The van der Waals surface area contributed by atoms with E-state index in [1.807, 2.05) is 36.5 Å². The first-order valence-electron chi connectivity index (χ1n) is 9.75. The number of nitrogens with one attached hydrogen (secondary N) is 1. The highest BCUT2D eigenvalue weighted by molar-refractivity contribution is 5.82. The zero-order valence-corrected chi connectivity index (χ0v) is 15.9. The molecule has 5 aromatic rings. The molecule has 1 aromatic carbocycles. The van der Waals surface area contributed by atoms with Crippen LogP contribution in [0.3, 0.4) is 0 Å². The van der Waals surface area contributed by atoms with Gasteiger partial charge in [0.25, 0.3) is 5.89 Å². The Bertz CT molecular complexity index is 1330. The molecule has 0 radical (unpaired) electrons. The minimum atomic E-state index is -0.221. The molecule has 1 aliphatic rings. The smallest absolute Gasteiger partial charge is 0.319 e. The second-order valence-corrected chi connectivity index (χ2v) is 7.17. The number of benzene rings is 1. The average molecular weight is 395 g/mol. The highest BCUT2D eigenvalue weighted by atomic mass is 16.4. The van der Waals surface area contributed by atoms with Gasteiger partial charge in [0.2, 0.25) is 0 Å². The molecule has 5 heterocycles. The number of pyridine rings is 2. The normalized spacial score (nSPS) is 16.0. The van der Waals surface area contributed by atoms with Crippen molar-refractivity contribution in [3.63, 3.8) is 0 Å². The molecule has 30 heavy (non-hydrogen) atoms. The first kappa shape index (κ1) is 16.8. The molecule has 8 heteroatoms. The van der Waals surface area contributed by atoms with Crippen molar-refractivity contribution in [2.45, 2.75) is 12.5 Å². The fourth-order valence-electron chi connectivity index (χ4n) is 3.96. The van der Waals surface area contributed by atoms with Crippen LogP contribution in [-0.2, 0) is 6.42 Å². The monoisotopic (exact) mass is 395 g/mol. The van der Waals surface area contributed by atoms with E-state index in [0.717, 1.165) is 34.3 Å². The van der Waals surface area contributed by atoms with Crippen molar-refractivity contribution in [2.24, 2.45) is 0 Å². The summed E-state index contributed by atoms with van der Waals surface area (Å²) in [6, 6.07) is 16.1. The molecular formula is C22H17N7O. The maximum Gasteiger partial charge on any atom is 0.319 e. The molecule has 1 N–H and O–H groups in total. The summed E-state index contributed by atoms with van der Waals surface area (Å²) in [6.07, 6.45) is 6.14. The summed E-state index contributed by atoms with van der Waals surface area (Å²) in [5.74, 6) is 0.392. The highest BCUT2D eigenvalue weighted by Gasteiger charge is 2.35. The molecule has 0 spiro atoms. The van der Waals surface area contributed by atoms with Crippen LogP contribution < -0.4 is 4.90 Å². The Labute approximate surface area is 171 Å². The lowest BCUT2D eigenvalue weighted by molar-refractivity contribution is 0.504. The van der Waals surface area contributed by atoms with E-state index in [0.29, 0.717) is 24.1 Å². The second-order valence-electron chi connectivity index (χ2n) is 7.17. The van der Waals surface area contributed by atoms with Gasteiger partial charge in [-0.2, -0.15) is 0 Å². The van der Waals surface area contributed by atoms with Gasteiger partial charge in [0, 0.05) is 36.4 Å². The maximum atomic E-state index is 6.02. The SMILES string of the molecule is c1ccc(-c2nnc(N3CCc4[nH]cnc4[C@@H]3c3cc4ccccc4cn3)o2)nc1. The van der Waals surface area contributed by atoms with E-state index in [1.54, 1.807) is 12.5 Å². The number of anilines is 1. The topological polar surface area (TPSA) is 96.6 Å². The van der Waals surface area contributed by atoms with Crippen LogP contribution in [0.5, 0.6) is 0 Å². The zero-order chi connectivity index (χ0) is 19.9. The van der Waals surface area contributed by atoms with E-state index < -0.39 is 0 Å². The number of fused-ring (bicyclic) bond motifs is 2. The van der Waals surface area contributed by atoms with Crippen LogP contribution in [0.4, 0.5) is 6.01 Å². The van der Waals surface area contributed by atoms with Gasteiger partial charge < -0.3 is 14.3 Å². The molecule has 0 fully saturated rings. The molecule has 0 saturated heterocycles. The Hall–Kier alpha value is -4.07. The molecule has 1 atom stereocenters. The third-order valence-electron chi connectivity index (χ3n) is 5.40. The van der Waals surface area contributed by atoms with Crippen LogP contribution >= 0.6 is 0 Å². The second kappa shape index (κ2) is 6.77. The molecule has 146 valence electrons. The third kappa shape index (κ3) is 2.73. The van der Waals surface area contributed by atoms with Crippen LogP contribution in [0.2, 0.25) is 0 Å². The van der Waals surface area contributed by atoms with Crippen molar-refractivity contribution < 1.29 is 4.42 Å². The average Bonchev–Trinajstić information content (AvgIpc) is 3.48. The predicted molar refractivity (Wildman–Crippen MR) is 111 cm³/mol. The van der Waals surface area contributed by atoms with Crippen LogP contribution in [0, 0.1) is 0 Å². The molecule has 0 unspecified atom stereocenters. The number of aromatic amines is 1. The van der Waals surface area contributed by atoms with Crippen molar-refractivity contribution in [1.82, 2.24) is 30.1 Å². The van der Waals surface area contributed by atoms with Gasteiger partial charge in [0.1, 0.15) is 11.7 Å². The lowest BCUT2D eigenvalue weighted by Crippen LogP contribution is -2.37. The van der Waals surface area contributed by atoms with E-state index in [-0.39, 0.29) is 6.04 Å². The van der Waals surface area contributed by atoms with Crippen molar-refractivity contribution in [2.75, 3.05) is 11.4 Å². The first-order valence-corrected chi connectivity index (χ1v) is 9.75. The summed E-state index contributed by atoms with van der Waals surface area (Å²) in [6.45, 7) is 0.707. The fraction of sp³-hybridized carbons (Fsp3) is 0.136. The van der Waals surface area contributed by atoms with Crippen LogP contribution in [0.15, 0.2) is 71.7 Å². The number of imidazole rings is 1. The van der Waals surface area contributed by atoms with E-state index in [4.69, 9.17) is 9.40 Å². The summed E-state index contributed by atoms with van der Waals surface area (Å²) in [4.78, 5) is 19.0. The minimum Gasteiger partial charge on any atom is -0.402 e. The number of nitrogens with zero attached hydrogens (tertiary/aromatic N) is 6. The van der Waals surface area contributed by atoms with E-state index in [2.05, 4.69) is 48.2 Å². The number of hydrogen-bond acceptors (Lipinski definition) is 7. The van der Waals surface area contributed by atoms with Crippen LogP contribution in [0.1, 0.15) is 23.1 Å². The Morgan fingerprint density at radius 3 is 2.77 bits per heavy atom. The highest BCUT2D eigenvalue weighted by Crippen LogP contribution is 2.36. The van der Waals surface area contributed by atoms with Gasteiger partial charge in [-0.05, 0) is 23.6 Å². The van der Waals surface area contributed by atoms with Crippen molar-refractivity contribution in [3.05, 3.63) is 84.3 Å². The first-order chi connectivity index (χ1) is 14.9. The molecule has 6 rings (SSSR count). The standard InChI is InChI=1S/C22H17N7O/c1-2-6-15-12-24-18(11-14(15)5-1)20-19-16(25-13-26-19)8-10-29(20)22-28-27-21(30-22)17-7-3-4-9-23-17/h1-7,9,11-13,20H,8,10H2,(H,25,26)/t20-/m0/s1. The maximum absolute atomic E-state index is 6.02. The van der Waals surface area contributed by atoms with E-state index in [1.165, 1.54) is 0 Å². The Morgan fingerprint density at radius 1 is 0.967 bits per heavy atom. The molecule has 4 aromatic heterocycles. The third-order valence-corrected chi connectivity index (χ3v) is 5.40. The molecular weight excluding hydrogens is 378 g/mol. The molecule has 0 aliphatic carbocycles. The number of aromatic nitrogens is 6. The van der Waals surface area contributed by atoms with Crippen molar-refractivity contribution >= 4 is 16.8 Å². The summed E-state index contributed by atoms with van der Waals surface area (Å²) in [7, 11) is 0. The van der Waals surface area contributed by atoms with E-state index >= 15 is 0 Å². The van der Waals surface area contributed by atoms with Gasteiger partial charge in [-0.3, -0.25) is 9.97 Å². The lowest BCUT2D eigenvalue weighted by atomic mass is 9.98. The Morgan fingerprint density at radius 2 is 1.87 bits per heavy atom. The predicted octanol–water partition coefficient (Wildman–Crippen LogP) is 3.56. The fourth-order valence-corrected chi connectivity index (χ4v) is 3.96. The van der Waals surface area contributed by atoms with Crippen molar-refractivity contribution in [1.29, 1.82) is 0 Å².